The van der Waals surface area contributed by atoms with Crippen molar-refractivity contribution in [3.05, 3.63) is 35.6 Å². The molecule has 0 aliphatic carbocycles. The van der Waals surface area contributed by atoms with Crippen molar-refractivity contribution in [3.63, 3.8) is 0 Å². The average Bonchev–Trinajstić information content (AvgIpc) is 2.62. The predicted molar refractivity (Wildman–Crippen MR) is 52.6 cm³/mol. The van der Waals surface area contributed by atoms with Crippen LogP contribution in [0.25, 0.3) is 11.0 Å². The van der Waals surface area contributed by atoms with Crippen LogP contribution in [-0.4, -0.2) is 5.91 Å². The summed E-state index contributed by atoms with van der Waals surface area (Å²) in [5, 5.41) is 0.936. The van der Waals surface area contributed by atoms with Crippen molar-refractivity contribution < 1.29 is 9.21 Å². The van der Waals surface area contributed by atoms with E-state index in [0.29, 0.717) is 5.58 Å². The molecule has 0 atom stereocenters. The van der Waals surface area contributed by atoms with Crippen molar-refractivity contribution in [2.45, 2.75) is 6.92 Å². The first-order valence-electron chi connectivity index (χ1n) is 4.22. The van der Waals surface area contributed by atoms with Crippen molar-refractivity contribution in [2.75, 3.05) is 0 Å². The smallest absolute Gasteiger partial charge is 0.300 e. The summed E-state index contributed by atoms with van der Waals surface area (Å²) in [5.41, 5.74) is 3.80. The summed E-state index contributed by atoms with van der Waals surface area (Å²) in [6.07, 6.45) is 0. The van der Waals surface area contributed by atoms with Gasteiger partial charge >= 0.3 is 5.91 Å². The molecule has 1 aromatic heterocycles. The first-order chi connectivity index (χ1) is 6.72. The molecule has 2 aromatic rings. The minimum absolute atomic E-state index is 0.233. The summed E-state index contributed by atoms with van der Waals surface area (Å²) in [5.74, 6) is 4.82. The maximum absolute atomic E-state index is 11.2. The zero-order valence-corrected chi connectivity index (χ0v) is 7.70. The number of carbonyl (C=O) groups is 1. The van der Waals surface area contributed by atoms with E-state index in [1.807, 2.05) is 30.5 Å². The lowest BCUT2D eigenvalue weighted by Crippen LogP contribution is -2.29. The number of nitrogens with two attached hydrogens (primary N) is 1. The zero-order chi connectivity index (χ0) is 10.1. The van der Waals surface area contributed by atoms with Crippen molar-refractivity contribution in [1.82, 2.24) is 5.43 Å². The minimum Gasteiger partial charge on any atom is -0.451 e. The number of hydrogen-bond donors (Lipinski definition) is 2. The molecular weight excluding hydrogens is 180 g/mol. The molecule has 4 nitrogen and oxygen atoms in total. The van der Waals surface area contributed by atoms with Crippen LogP contribution in [0.15, 0.2) is 28.7 Å². The number of hydrogen-bond acceptors (Lipinski definition) is 3. The first-order valence-corrected chi connectivity index (χ1v) is 4.22. The number of rotatable bonds is 1. The number of fused-ring (bicyclic) bond motifs is 1. The van der Waals surface area contributed by atoms with Gasteiger partial charge in [0.05, 0.1) is 0 Å². The lowest BCUT2D eigenvalue weighted by atomic mass is 10.1. The normalized spacial score (nSPS) is 10.4. The number of furan rings is 1. The third-order valence-corrected chi connectivity index (χ3v) is 2.13. The van der Waals surface area contributed by atoms with E-state index in [1.54, 1.807) is 6.07 Å². The molecule has 72 valence electrons. The second kappa shape index (κ2) is 3.16. The lowest BCUT2D eigenvalue weighted by molar-refractivity contribution is 0.0928. The number of amides is 1. The van der Waals surface area contributed by atoms with Gasteiger partial charge < -0.3 is 4.42 Å². The Morgan fingerprint density at radius 1 is 1.50 bits per heavy atom. The van der Waals surface area contributed by atoms with E-state index >= 15 is 0 Å². The molecule has 4 heteroatoms. The van der Waals surface area contributed by atoms with Gasteiger partial charge in [-0.25, -0.2) is 5.84 Å². The zero-order valence-electron chi connectivity index (χ0n) is 7.70. The van der Waals surface area contributed by atoms with Crippen molar-refractivity contribution in [1.29, 1.82) is 0 Å². The Morgan fingerprint density at radius 2 is 2.29 bits per heavy atom. The first kappa shape index (κ1) is 8.77. The minimum atomic E-state index is -0.416. The maximum Gasteiger partial charge on any atom is 0.300 e. The van der Waals surface area contributed by atoms with Gasteiger partial charge in [0.25, 0.3) is 0 Å². The number of nitrogen functional groups attached to an aromatic ring is 1. The second-order valence-corrected chi connectivity index (χ2v) is 3.07. The van der Waals surface area contributed by atoms with E-state index in [0.717, 1.165) is 10.9 Å². The van der Waals surface area contributed by atoms with E-state index < -0.39 is 5.91 Å². The number of nitrogens with one attached hydrogen (secondary N) is 1. The highest BCUT2D eigenvalue weighted by molar-refractivity contribution is 5.96. The fraction of sp³-hybridized carbons (Fsp3) is 0.100. The molecule has 0 aliphatic heterocycles. The highest BCUT2D eigenvalue weighted by Gasteiger charge is 2.11. The fourth-order valence-corrected chi connectivity index (χ4v) is 1.39. The van der Waals surface area contributed by atoms with Crippen LogP contribution in [0.2, 0.25) is 0 Å². The summed E-state index contributed by atoms with van der Waals surface area (Å²) < 4.78 is 5.31. The van der Waals surface area contributed by atoms with E-state index in [4.69, 9.17) is 10.3 Å². The van der Waals surface area contributed by atoms with Crippen LogP contribution in [0.4, 0.5) is 0 Å². The molecule has 14 heavy (non-hydrogen) atoms. The Balaban J connectivity index is 2.62. The van der Waals surface area contributed by atoms with Gasteiger partial charge in [-0.1, -0.05) is 12.1 Å². The van der Waals surface area contributed by atoms with Crippen LogP contribution in [-0.2, 0) is 0 Å². The maximum atomic E-state index is 11.2. The molecule has 1 heterocycles. The number of benzene rings is 1. The Hall–Kier alpha value is -1.81. The molecule has 0 saturated heterocycles. The highest BCUT2D eigenvalue weighted by atomic mass is 16.3. The predicted octanol–water partition coefficient (Wildman–Crippen LogP) is 1.34. The Kier molecular flexibility index (Phi) is 1.98. The standard InChI is InChI=1S/C10H10N2O2/c1-6-3-2-4-8-7(6)5-9(14-8)10(13)12-11/h2-5H,11H2,1H3,(H,12,13). The average molecular weight is 190 g/mol. The Morgan fingerprint density at radius 3 is 2.93 bits per heavy atom. The lowest BCUT2D eigenvalue weighted by Gasteiger charge is -1.91. The largest absolute Gasteiger partial charge is 0.451 e. The van der Waals surface area contributed by atoms with Gasteiger partial charge in [0, 0.05) is 5.39 Å². The van der Waals surface area contributed by atoms with Crippen LogP contribution in [0.1, 0.15) is 16.1 Å². The molecule has 0 bridgehead atoms. The molecule has 1 aromatic carbocycles. The van der Waals surface area contributed by atoms with Crippen LogP contribution in [0.3, 0.4) is 0 Å². The fourth-order valence-electron chi connectivity index (χ4n) is 1.39. The van der Waals surface area contributed by atoms with Gasteiger partial charge in [-0.15, -0.1) is 0 Å². The summed E-state index contributed by atoms with van der Waals surface area (Å²) in [4.78, 5) is 11.2. The molecule has 2 rings (SSSR count). The summed E-state index contributed by atoms with van der Waals surface area (Å²) in [6.45, 7) is 1.96. The number of hydrazine groups is 1. The van der Waals surface area contributed by atoms with Gasteiger partial charge in [0.15, 0.2) is 5.76 Å². The Labute approximate surface area is 80.7 Å². The summed E-state index contributed by atoms with van der Waals surface area (Å²) >= 11 is 0. The third-order valence-electron chi connectivity index (χ3n) is 2.13. The molecule has 0 aliphatic rings. The van der Waals surface area contributed by atoms with E-state index in [-0.39, 0.29) is 5.76 Å². The van der Waals surface area contributed by atoms with Crippen molar-refractivity contribution in [2.24, 2.45) is 5.84 Å². The SMILES string of the molecule is Cc1cccc2oc(C(=O)NN)cc12. The van der Waals surface area contributed by atoms with Crippen molar-refractivity contribution in [3.8, 4) is 0 Å². The summed E-state index contributed by atoms with van der Waals surface area (Å²) in [7, 11) is 0. The molecule has 0 saturated carbocycles. The molecule has 1 amide bonds. The van der Waals surface area contributed by atoms with E-state index in [1.165, 1.54) is 0 Å². The number of carbonyl (C=O) groups excluding carboxylic acids is 1. The molecule has 3 N–H and O–H groups in total. The molecule has 0 fully saturated rings. The van der Waals surface area contributed by atoms with Gasteiger partial charge in [0.1, 0.15) is 5.58 Å². The highest BCUT2D eigenvalue weighted by Crippen LogP contribution is 2.22. The summed E-state index contributed by atoms with van der Waals surface area (Å²) in [6, 6.07) is 7.34. The van der Waals surface area contributed by atoms with Gasteiger partial charge in [-0.2, -0.15) is 0 Å². The van der Waals surface area contributed by atoms with Crippen LogP contribution in [0, 0.1) is 6.92 Å². The molecule has 0 radical (unpaired) electrons. The molecule has 0 spiro atoms. The second-order valence-electron chi connectivity index (χ2n) is 3.07. The Bertz CT molecular complexity index is 488. The van der Waals surface area contributed by atoms with E-state index in [9.17, 15) is 4.79 Å². The van der Waals surface area contributed by atoms with Gasteiger partial charge in [-0.05, 0) is 24.6 Å². The quantitative estimate of drug-likeness (QED) is 0.405. The van der Waals surface area contributed by atoms with Crippen LogP contribution in [0.5, 0.6) is 0 Å². The molecule has 0 unspecified atom stereocenters. The third kappa shape index (κ3) is 1.25. The van der Waals surface area contributed by atoms with Crippen molar-refractivity contribution >= 4 is 16.9 Å². The van der Waals surface area contributed by atoms with Gasteiger partial charge in [0.2, 0.25) is 0 Å². The van der Waals surface area contributed by atoms with E-state index in [2.05, 4.69) is 0 Å². The molecular formula is C10H10N2O2. The van der Waals surface area contributed by atoms with Gasteiger partial charge in [-0.3, -0.25) is 10.2 Å². The van der Waals surface area contributed by atoms with Crippen LogP contribution < -0.4 is 11.3 Å². The van der Waals surface area contributed by atoms with Crippen LogP contribution >= 0.6 is 0 Å². The number of aryl methyl sites for hydroxylation is 1. The monoisotopic (exact) mass is 190 g/mol. The topological polar surface area (TPSA) is 68.3 Å².